The molecule has 0 aliphatic heterocycles. The maximum absolute atomic E-state index is 11.7. The van der Waals surface area contributed by atoms with Gasteiger partial charge in [0.25, 0.3) is 0 Å². The molecule has 0 saturated carbocycles. The number of halogens is 1. The molecular formula is C11H10BrNO2. The fourth-order valence-electron chi connectivity index (χ4n) is 1.41. The maximum Gasteiger partial charge on any atom is 0.179 e. The summed E-state index contributed by atoms with van der Waals surface area (Å²) in [6.07, 6.45) is 1.60. The largest absolute Gasteiger partial charge is 0.463 e. The molecule has 0 fully saturated rings. The molecule has 0 spiro atoms. The van der Waals surface area contributed by atoms with Crippen molar-refractivity contribution in [1.82, 2.24) is 0 Å². The summed E-state index contributed by atoms with van der Waals surface area (Å²) in [7, 11) is 0. The number of nitrogens with two attached hydrogens (primary N) is 1. The molecule has 2 rings (SSSR count). The normalized spacial score (nSPS) is 13.0. The quantitative estimate of drug-likeness (QED) is 0.852. The predicted molar refractivity (Wildman–Crippen MR) is 61.9 cm³/mol. The monoisotopic (exact) mass is 267 g/mol. The van der Waals surface area contributed by atoms with E-state index in [1.165, 1.54) is 0 Å². The van der Waals surface area contributed by atoms with Crippen molar-refractivity contribution < 1.29 is 9.21 Å². The Morgan fingerprint density at radius 2 is 2.27 bits per heavy atom. The van der Waals surface area contributed by atoms with Crippen molar-refractivity contribution in [3.05, 3.63) is 34.5 Å². The lowest BCUT2D eigenvalue weighted by atomic mass is 10.0. The number of furan rings is 1. The van der Waals surface area contributed by atoms with Crippen LogP contribution in [0.4, 0.5) is 0 Å². The fraction of sp³-hybridized carbons (Fsp3) is 0.182. The van der Waals surface area contributed by atoms with Gasteiger partial charge in [-0.15, -0.1) is 0 Å². The number of hydrogen-bond donors (Lipinski definition) is 1. The number of carbonyl (C=O) groups excluding carboxylic acids is 1. The Kier molecular flexibility index (Phi) is 2.63. The lowest BCUT2D eigenvalue weighted by molar-refractivity contribution is 0.0968. The molecule has 3 nitrogen and oxygen atoms in total. The minimum Gasteiger partial charge on any atom is -0.463 e. The molecule has 1 heterocycles. The summed E-state index contributed by atoms with van der Waals surface area (Å²) in [6, 6.07) is 4.81. The van der Waals surface area contributed by atoms with E-state index in [4.69, 9.17) is 10.2 Å². The minimum absolute atomic E-state index is 0.0648. The second kappa shape index (κ2) is 3.79. The van der Waals surface area contributed by atoms with E-state index >= 15 is 0 Å². The van der Waals surface area contributed by atoms with E-state index in [-0.39, 0.29) is 5.78 Å². The van der Waals surface area contributed by atoms with Crippen LogP contribution in [0.15, 0.2) is 33.4 Å². The second-order valence-corrected chi connectivity index (χ2v) is 4.30. The van der Waals surface area contributed by atoms with E-state index in [1.54, 1.807) is 31.4 Å². The highest BCUT2D eigenvalue weighted by molar-refractivity contribution is 9.10. The molecule has 78 valence electrons. The third-order valence-electron chi connectivity index (χ3n) is 2.22. The zero-order chi connectivity index (χ0) is 11.0. The zero-order valence-corrected chi connectivity index (χ0v) is 9.74. The predicted octanol–water partition coefficient (Wildman–Crippen LogP) is 2.73. The number of Topliss-reactive ketones (excluding diaryl/α,β-unsaturated/α-hetero) is 1. The van der Waals surface area contributed by atoms with Crippen molar-refractivity contribution in [2.24, 2.45) is 5.73 Å². The van der Waals surface area contributed by atoms with E-state index in [9.17, 15) is 4.79 Å². The molecule has 1 aromatic heterocycles. The summed E-state index contributed by atoms with van der Waals surface area (Å²) in [5, 5.41) is 0.890. The third kappa shape index (κ3) is 1.82. The topological polar surface area (TPSA) is 56.2 Å². The van der Waals surface area contributed by atoms with Crippen molar-refractivity contribution in [3.8, 4) is 0 Å². The SMILES string of the molecule is CC(N)C(=O)c1ccc2occ(Br)c2c1. The van der Waals surface area contributed by atoms with Gasteiger partial charge in [0.2, 0.25) is 0 Å². The van der Waals surface area contributed by atoms with Gasteiger partial charge < -0.3 is 10.2 Å². The first kappa shape index (κ1) is 10.4. The zero-order valence-electron chi connectivity index (χ0n) is 8.16. The average molecular weight is 268 g/mol. The lowest BCUT2D eigenvalue weighted by Gasteiger charge is -2.03. The highest BCUT2D eigenvalue weighted by atomic mass is 79.9. The van der Waals surface area contributed by atoms with Crippen LogP contribution in [0.2, 0.25) is 0 Å². The number of rotatable bonds is 2. The van der Waals surface area contributed by atoms with Crippen LogP contribution in [0.5, 0.6) is 0 Å². The molecule has 1 aromatic carbocycles. The Labute approximate surface area is 95.4 Å². The van der Waals surface area contributed by atoms with Crippen LogP contribution in [-0.4, -0.2) is 11.8 Å². The second-order valence-electron chi connectivity index (χ2n) is 3.45. The van der Waals surface area contributed by atoms with Crippen molar-refractivity contribution in [3.63, 3.8) is 0 Å². The molecule has 0 aliphatic rings. The number of fused-ring (bicyclic) bond motifs is 1. The van der Waals surface area contributed by atoms with Gasteiger partial charge in [0.1, 0.15) is 11.8 Å². The molecular weight excluding hydrogens is 258 g/mol. The molecule has 0 amide bonds. The summed E-state index contributed by atoms with van der Waals surface area (Å²) < 4.78 is 6.10. The third-order valence-corrected chi connectivity index (χ3v) is 2.84. The molecule has 2 N–H and O–H groups in total. The van der Waals surface area contributed by atoms with Gasteiger partial charge in [0.05, 0.1) is 10.5 Å². The van der Waals surface area contributed by atoms with Crippen molar-refractivity contribution in [2.75, 3.05) is 0 Å². The van der Waals surface area contributed by atoms with E-state index in [0.717, 1.165) is 15.4 Å². The Balaban J connectivity index is 2.55. The van der Waals surface area contributed by atoms with Gasteiger partial charge in [-0.1, -0.05) is 0 Å². The van der Waals surface area contributed by atoms with Gasteiger partial charge in [0.15, 0.2) is 5.78 Å². The van der Waals surface area contributed by atoms with E-state index in [1.807, 2.05) is 0 Å². The van der Waals surface area contributed by atoms with Gasteiger partial charge in [-0.25, -0.2) is 0 Å². The standard InChI is InChI=1S/C11H10BrNO2/c1-6(13)11(14)7-2-3-10-8(4-7)9(12)5-15-10/h2-6H,13H2,1H3. The van der Waals surface area contributed by atoms with Crippen molar-refractivity contribution in [2.45, 2.75) is 13.0 Å². The smallest absolute Gasteiger partial charge is 0.179 e. The first-order chi connectivity index (χ1) is 7.09. The van der Waals surface area contributed by atoms with Crippen LogP contribution in [0.1, 0.15) is 17.3 Å². The minimum atomic E-state index is -0.479. The average Bonchev–Trinajstić information content (AvgIpc) is 2.59. The van der Waals surface area contributed by atoms with Gasteiger partial charge >= 0.3 is 0 Å². The molecule has 2 aromatic rings. The number of benzene rings is 1. The Morgan fingerprint density at radius 3 is 2.93 bits per heavy atom. The number of ketones is 1. The number of hydrogen-bond acceptors (Lipinski definition) is 3. The van der Waals surface area contributed by atoms with Crippen LogP contribution < -0.4 is 5.73 Å². The summed E-state index contributed by atoms with van der Waals surface area (Å²) >= 11 is 3.35. The molecule has 15 heavy (non-hydrogen) atoms. The Hall–Kier alpha value is -1.13. The van der Waals surface area contributed by atoms with Crippen molar-refractivity contribution >= 4 is 32.7 Å². The first-order valence-electron chi connectivity index (χ1n) is 4.56. The van der Waals surface area contributed by atoms with Gasteiger partial charge in [-0.05, 0) is 41.1 Å². The molecule has 0 bridgehead atoms. The molecule has 1 atom stereocenters. The summed E-state index contributed by atoms with van der Waals surface area (Å²) in [5.41, 5.74) is 6.90. The Bertz CT molecular complexity index is 516. The molecule has 0 aliphatic carbocycles. The molecule has 4 heteroatoms. The molecule has 1 unspecified atom stereocenters. The number of carbonyl (C=O) groups is 1. The fourth-order valence-corrected chi connectivity index (χ4v) is 1.82. The maximum atomic E-state index is 11.7. The molecule has 0 saturated heterocycles. The first-order valence-corrected chi connectivity index (χ1v) is 5.35. The van der Waals surface area contributed by atoms with Crippen LogP contribution >= 0.6 is 15.9 Å². The van der Waals surface area contributed by atoms with Crippen LogP contribution in [-0.2, 0) is 0 Å². The van der Waals surface area contributed by atoms with Crippen molar-refractivity contribution in [1.29, 1.82) is 0 Å². The van der Waals surface area contributed by atoms with E-state index in [0.29, 0.717) is 5.56 Å². The van der Waals surface area contributed by atoms with Gasteiger partial charge in [-0.2, -0.15) is 0 Å². The highest BCUT2D eigenvalue weighted by Crippen LogP contribution is 2.27. The Morgan fingerprint density at radius 1 is 1.53 bits per heavy atom. The summed E-state index contributed by atoms with van der Waals surface area (Å²) in [4.78, 5) is 11.7. The summed E-state index contributed by atoms with van der Waals surface area (Å²) in [6.45, 7) is 1.68. The highest BCUT2D eigenvalue weighted by Gasteiger charge is 2.12. The van der Waals surface area contributed by atoms with Crippen LogP contribution in [0.25, 0.3) is 11.0 Å². The van der Waals surface area contributed by atoms with Crippen LogP contribution in [0, 0.1) is 0 Å². The van der Waals surface area contributed by atoms with Gasteiger partial charge in [0, 0.05) is 10.9 Å². The lowest BCUT2D eigenvalue weighted by Crippen LogP contribution is -2.26. The van der Waals surface area contributed by atoms with E-state index < -0.39 is 6.04 Å². The van der Waals surface area contributed by atoms with Gasteiger partial charge in [-0.3, -0.25) is 4.79 Å². The van der Waals surface area contributed by atoms with E-state index in [2.05, 4.69) is 15.9 Å². The van der Waals surface area contributed by atoms with Crippen LogP contribution in [0.3, 0.4) is 0 Å². The summed E-state index contributed by atoms with van der Waals surface area (Å²) in [5.74, 6) is -0.0648. The molecule has 0 radical (unpaired) electrons.